The first-order valence-electron chi connectivity index (χ1n) is 5.44. The van der Waals surface area contributed by atoms with Gasteiger partial charge < -0.3 is 0 Å². The molecule has 0 N–H and O–H groups in total. The average molecular weight is 269 g/mol. The van der Waals surface area contributed by atoms with Crippen molar-refractivity contribution in [1.29, 1.82) is 5.26 Å². The van der Waals surface area contributed by atoms with Gasteiger partial charge in [-0.05, 0) is 24.3 Å². The minimum atomic E-state index is 0.981. The van der Waals surface area contributed by atoms with E-state index in [1.807, 2.05) is 60.7 Å². The Morgan fingerprint density at radius 1 is 0.833 bits per heavy atom. The summed E-state index contributed by atoms with van der Waals surface area (Å²) in [5.74, 6) is 0. The standard InChI is InChI=1S/C15H11NS2/c16-12-11-15(17-13-7-3-1-4-8-13)18-14-9-5-2-6-10-14/h1-11H. The van der Waals surface area contributed by atoms with Gasteiger partial charge in [-0.3, -0.25) is 0 Å². The Kier molecular flexibility index (Phi) is 4.95. The van der Waals surface area contributed by atoms with Crippen LogP contribution in [-0.4, -0.2) is 0 Å². The number of nitrogens with zero attached hydrogens (tertiary/aromatic N) is 1. The monoisotopic (exact) mass is 269 g/mol. The van der Waals surface area contributed by atoms with Gasteiger partial charge in [0.1, 0.15) is 0 Å². The lowest BCUT2D eigenvalue weighted by atomic mass is 10.4. The molecule has 0 heterocycles. The molecule has 0 unspecified atom stereocenters. The minimum Gasteiger partial charge on any atom is -0.193 e. The van der Waals surface area contributed by atoms with Crippen molar-refractivity contribution in [2.24, 2.45) is 0 Å². The Balaban J connectivity index is 2.11. The van der Waals surface area contributed by atoms with Crippen LogP contribution >= 0.6 is 23.5 Å². The van der Waals surface area contributed by atoms with Gasteiger partial charge in [-0.1, -0.05) is 59.9 Å². The van der Waals surface area contributed by atoms with Gasteiger partial charge in [0.2, 0.25) is 0 Å². The van der Waals surface area contributed by atoms with E-state index in [4.69, 9.17) is 5.26 Å². The summed E-state index contributed by atoms with van der Waals surface area (Å²) in [4.78, 5) is 2.28. The fourth-order valence-electron chi connectivity index (χ4n) is 1.34. The van der Waals surface area contributed by atoms with Gasteiger partial charge in [0.15, 0.2) is 0 Å². The predicted molar refractivity (Wildman–Crippen MR) is 78.3 cm³/mol. The molecule has 0 spiro atoms. The van der Waals surface area contributed by atoms with Gasteiger partial charge in [-0.15, -0.1) is 0 Å². The largest absolute Gasteiger partial charge is 0.193 e. The zero-order chi connectivity index (χ0) is 12.6. The molecule has 0 saturated carbocycles. The topological polar surface area (TPSA) is 23.8 Å². The lowest BCUT2D eigenvalue weighted by Crippen LogP contribution is -1.74. The van der Waals surface area contributed by atoms with E-state index in [2.05, 4.69) is 6.07 Å². The molecular formula is C15H11NS2. The number of allylic oxidation sites excluding steroid dienone is 1. The van der Waals surface area contributed by atoms with Crippen molar-refractivity contribution in [2.75, 3.05) is 0 Å². The third-order valence-electron chi connectivity index (χ3n) is 2.11. The number of benzene rings is 2. The second kappa shape index (κ2) is 6.95. The summed E-state index contributed by atoms with van der Waals surface area (Å²) in [6.45, 7) is 0. The predicted octanol–water partition coefficient (Wildman–Crippen LogP) is 4.94. The van der Waals surface area contributed by atoms with E-state index in [0.29, 0.717) is 0 Å². The summed E-state index contributed by atoms with van der Waals surface area (Å²) in [6, 6.07) is 22.3. The van der Waals surface area contributed by atoms with Crippen molar-refractivity contribution in [3.05, 3.63) is 71.0 Å². The van der Waals surface area contributed by atoms with Crippen LogP contribution in [0.4, 0.5) is 0 Å². The van der Waals surface area contributed by atoms with Gasteiger partial charge in [-0.2, -0.15) is 5.26 Å². The summed E-state index contributed by atoms with van der Waals surface area (Å²) in [5.41, 5.74) is 0. The van der Waals surface area contributed by atoms with Crippen molar-refractivity contribution in [1.82, 2.24) is 0 Å². The van der Waals surface area contributed by atoms with Crippen molar-refractivity contribution in [3.8, 4) is 6.07 Å². The van der Waals surface area contributed by atoms with Crippen LogP contribution in [-0.2, 0) is 0 Å². The van der Waals surface area contributed by atoms with Crippen molar-refractivity contribution >= 4 is 23.5 Å². The van der Waals surface area contributed by atoms with Crippen LogP contribution in [0, 0.1) is 11.3 Å². The molecular weight excluding hydrogens is 258 g/mol. The van der Waals surface area contributed by atoms with Crippen LogP contribution in [0.1, 0.15) is 0 Å². The smallest absolute Gasteiger partial charge is 0.0929 e. The van der Waals surface area contributed by atoms with Crippen molar-refractivity contribution in [3.63, 3.8) is 0 Å². The van der Waals surface area contributed by atoms with Gasteiger partial charge in [0, 0.05) is 15.9 Å². The molecule has 2 rings (SSSR count). The molecule has 2 aromatic rings. The molecule has 3 heteroatoms. The Bertz CT molecular complexity index is 513. The summed E-state index contributed by atoms with van der Waals surface area (Å²) in [7, 11) is 0. The molecule has 0 aliphatic heterocycles. The maximum atomic E-state index is 8.84. The third kappa shape index (κ3) is 3.99. The van der Waals surface area contributed by atoms with Crippen molar-refractivity contribution < 1.29 is 0 Å². The van der Waals surface area contributed by atoms with Crippen molar-refractivity contribution in [2.45, 2.75) is 9.79 Å². The van der Waals surface area contributed by atoms with Gasteiger partial charge in [0.25, 0.3) is 0 Å². The fraction of sp³-hybridized carbons (Fsp3) is 0. The molecule has 0 fully saturated rings. The summed E-state index contributed by atoms with van der Waals surface area (Å²) in [6.07, 6.45) is 1.59. The summed E-state index contributed by atoms with van der Waals surface area (Å²) >= 11 is 3.22. The summed E-state index contributed by atoms with van der Waals surface area (Å²) < 4.78 is 0.981. The number of nitriles is 1. The fourth-order valence-corrected chi connectivity index (χ4v) is 3.36. The highest BCUT2D eigenvalue weighted by atomic mass is 32.2. The molecule has 0 radical (unpaired) electrons. The highest BCUT2D eigenvalue weighted by Gasteiger charge is 2.03. The zero-order valence-electron chi connectivity index (χ0n) is 9.61. The molecule has 0 bridgehead atoms. The lowest BCUT2D eigenvalue weighted by Gasteiger charge is -2.05. The van der Waals surface area contributed by atoms with Crippen LogP contribution < -0.4 is 0 Å². The number of thioether (sulfide) groups is 2. The molecule has 0 aromatic heterocycles. The first-order chi connectivity index (χ1) is 8.88. The second-order valence-corrected chi connectivity index (χ2v) is 5.91. The van der Waals surface area contributed by atoms with E-state index in [9.17, 15) is 0 Å². The first-order valence-corrected chi connectivity index (χ1v) is 7.07. The number of hydrogen-bond acceptors (Lipinski definition) is 3. The van der Waals surface area contributed by atoms with E-state index >= 15 is 0 Å². The van der Waals surface area contributed by atoms with E-state index in [-0.39, 0.29) is 0 Å². The molecule has 0 aliphatic carbocycles. The normalized spacial score (nSPS) is 9.50. The maximum absolute atomic E-state index is 8.84. The molecule has 18 heavy (non-hydrogen) atoms. The average Bonchev–Trinajstić information content (AvgIpc) is 2.41. The number of rotatable bonds is 4. The SMILES string of the molecule is N#CC=C(Sc1ccccc1)Sc1ccccc1. The Morgan fingerprint density at radius 2 is 1.28 bits per heavy atom. The molecule has 0 saturated heterocycles. The Labute approximate surface area is 116 Å². The Hall–Kier alpha value is -1.63. The van der Waals surface area contributed by atoms with E-state index < -0.39 is 0 Å². The molecule has 1 nitrogen and oxygen atoms in total. The van der Waals surface area contributed by atoms with E-state index in [1.165, 1.54) is 0 Å². The third-order valence-corrected chi connectivity index (χ3v) is 4.26. The first kappa shape index (κ1) is 12.8. The van der Waals surface area contributed by atoms with Crippen LogP contribution in [0.5, 0.6) is 0 Å². The van der Waals surface area contributed by atoms with Crippen LogP contribution in [0.3, 0.4) is 0 Å². The van der Waals surface area contributed by atoms with Crippen LogP contribution in [0.15, 0.2) is 80.8 Å². The molecule has 0 atom stereocenters. The molecule has 88 valence electrons. The Morgan fingerprint density at radius 3 is 1.67 bits per heavy atom. The van der Waals surface area contributed by atoms with Gasteiger partial charge >= 0.3 is 0 Å². The maximum Gasteiger partial charge on any atom is 0.0929 e. The highest BCUT2D eigenvalue weighted by Crippen LogP contribution is 2.38. The zero-order valence-corrected chi connectivity index (χ0v) is 11.2. The van der Waals surface area contributed by atoms with E-state index in [1.54, 1.807) is 29.6 Å². The molecule has 0 amide bonds. The second-order valence-electron chi connectivity index (χ2n) is 3.42. The number of hydrogen-bond donors (Lipinski definition) is 0. The lowest BCUT2D eigenvalue weighted by molar-refractivity contribution is 1.46. The van der Waals surface area contributed by atoms with Gasteiger partial charge in [0.05, 0.1) is 10.3 Å². The quantitative estimate of drug-likeness (QED) is 0.580. The van der Waals surface area contributed by atoms with Crippen LogP contribution in [0.2, 0.25) is 0 Å². The summed E-state index contributed by atoms with van der Waals surface area (Å²) in [5, 5.41) is 8.84. The molecule has 0 aliphatic rings. The van der Waals surface area contributed by atoms with E-state index in [0.717, 1.165) is 14.0 Å². The molecule has 2 aromatic carbocycles. The minimum absolute atomic E-state index is 0.981. The highest BCUT2D eigenvalue weighted by molar-refractivity contribution is 8.22. The van der Waals surface area contributed by atoms with Crippen LogP contribution in [0.25, 0.3) is 0 Å². The van der Waals surface area contributed by atoms with Gasteiger partial charge in [-0.25, -0.2) is 0 Å².